The molecule has 0 saturated carbocycles. The van der Waals surface area contributed by atoms with Gasteiger partial charge in [-0.1, -0.05) is 153 Å². The van der Waals surface area contributed by atoms with Crippen LogP contribution < -0.4 is 0 Å². The van der Waals surface area contributed by atoms with Crippen LogP contribution in [0, 0.1) is 0 Å². The van der Waals surface area contributed by atoms with Crippen LogP contribution in [0.5, 0.6) is 0 Å². The number of carbonyl (C=O) groups is 3. The van der Waals surface area contributed by atoms with Gasteiger partial charge in [-0.05, 0) is 40.4 Å². The van der Waals surface area contributed by atoms with Crippen molar-refractivity contribution in [2.75, 3.05) is 19.8 Å². The molecule has 10 atom stereocenters. The molecule has 0 aliphatic carbocycles. The van der Waals surface area contributed by atoms with E-state index in [0.717, 1.165) is 33.2 Å². The first-order valence-electron chi connectivity index (χ1n) is 23.9. The minimum atomic E-state index is -1.70. The lowest BCUT2D eigenvalue weighted by molar-refractivity contribution is -0.358. The van der Waals surface area contributed by atoms with Crippen LogP contribution in [0.4, 0.5) is 0 Å². The Kier molecular flexibility index (Phi) is 17.6. The van der Waals surface area contributed by atoms with Crippen molar-refractivity contribution in [1.82, 2.24) is 4.90 Å². The number of imide groups is 1. The Labute approximate surface area is 410 Å². The van der Waals surface area contributed by atoms with Gasteiger partial charge in [-0.2, -0.15) is 0 Å². The first-order chi connectivity index (χ1) is 33.9. The standard InChI is InChI=1S/C55H63NO13Si/c1-37(57)66-51-50(65-34-41-25-15-8-16-26-41)47(58)44(35-61-31-38-19-9-5-10-20-38)67-55(51)69-49-46(56-52(59)42-27-17-18-28-43(42)53(56)60)54(63-29-30-70(2,3)4)68-45(36-62-32-39-21-11-6-12-22-39)48(49)64-33-40-23-13-7-14-24-40/h5-28,44-51,54-55,58H,29-36H2,1-4H3/t44-,45-,46-,47-,48-,49-,50+,51+,54-,55-/m1/s1. The van der Waals surface area contributed by atoms with E-state index in [0.29, 0.717) is 0 Å². The lowest BCUT2D eigenvalue weighted by atomic mass is 9.93. The van der Waals surface area contributed by atoms with Crippen LogP contribution in [-0.2, 0) is 73.9 Å². The Morgan fingerprint density at radius 1 is 0.557 bits per heavy atom. The molecule has 370 valence electrons. The predicted molar refractivity (Wildman–Crippen MR) is 261 cm³/mol. The zero-order chi connectivity index (χ0) is 49.0. The number of amides is 2. The van der Waals surface area contributed by atoms with Crippen molar-refractivity contribution in [3.05, 3.63) is 179 Å². The normalized spacial score (nSPS) is 25.7. The molecule has 0 radical (unpaired) electrons. The van der Waals surface area contributed by atoms with Gasteiger partial charge in [0.1, 0.15) is 42.7 Å². The molecule has 2 fully saturated rings. The molecule has 3 aliphatic heterocycles. The van der Waals surface area contributed by atoms with E-state index in [1.54, 1.807) is 24.3 Å². The SMILES string of the molecule is CC(=O)O[C@@H]1[C@@H](O[C@H]2[C@H](OCc3ccccc3)[C@@H](COCc3ccccc3)O[C@@H](OCC[Si](C)(C)C)[C@@H]2N2C(=O)c3ccccc3C2=O)O[C@H](COCc2ccccc2)[C@@H](O)[C@@H]1OCc1ccccc1. The molecule has 5 aromatic rings. The van der Waals surface area contributed by atoms with Gasteiger partial charge >= 0.3 is 5.97 Å². The fourth-order valence-electron chi connectivity index (χ4n) is 8.82. The molecule has 3 aliphatic rings. The zero-order valence-electron chi connectivity index (χ0n) is 40.1. The number of benzene rings is 5. The number of esters is 1. The Morgan fingerprint density at radius 2 is 1.00 bits per heavy atom. The third-order valence-corrected chi connectivity index (χ3v) is 14.1. The second kappa shape index (κ2) is 24.1. The van der Waals surface area contributed by atoms with Crippen LogP contribution in [0.2, 0.25) is 25.7 Å². The second-order valence-corrected chi connectivity index (χ2v) is 24.6. The number of carbonyl (C=O) groups excluding carboxylic acids is 3. The number of ether oxygens (including phenoxy) is 9. The molecule has 70 heavy (non-hydrogen) atoms. The molecular formula is C55H63NO13Si. The van der Waals surface area contributed by atoms with Crippen LogP contribution >= 0.6 is 0 Å². The van der Waals surface area contributed by atoms with Gasteiger partial charge in [-0.15, -0.1) is 0 Å². The minimum Gasteiger partial charge on any atom is -0.454 e. The molecule has 15 heteroatoms. The van der Waals surface area contributed by atoms with Crippen molar-refractivity contribution in [2.45, 2.75) is 120 Å². The molecule has 0 unspecified atom stereocenters. The molecular weight excluding hydrogens is 911 g/mol. The first-order valence-corrected chi connectivity index (χ1v) is 27.6. The quantitative estimate of drug-likeness (QED) is 0.0409. The van der Waals surface area contributed by atoms with Crippen molar-refractivity contribution < 1.29 is 62.1 Å². The van der Waals surface area contributed by atoms with E-state index < -0.39 is 87.2 Å². The Bertz CT molecular complexity index is 2410. The number of hydrogen-bond donors (Lipinski definition) is 1. The van der Waals surface area contributed by atoms with Crippen molar-refractivity contribution in [3.63, 3.8) is 0 Å². The summed E-state index contributed by atoms with van der Waals surface area (Å²) in [5.41, 5.74) is 3.89. The summed E-state index contributed by atoms with van der Waals surface area (Å²) >= 11 is 0. The predicted octanol–water partition coefficient (Wildman–Crippen LogP) is 7.74. The molecule has 0 spiro atoms. The van der Waals surface area contributed by atoms with E-state index in [1.807, 2.05) is 121 Å². The van der Waals surface area contributed by atoms with E-state index in [4.69, 9.17) is 42.6 Å². The molecule has 0 bridgehead atoms. The van der Waals surface area contributed by atoms with Crippen molar-refractivity contribution >= 4 is 25.9 Å². The maximum absolute atomic E-state index is 14.7. The molecule has 1 N–H and O–H groups in total. The largest absolute Gasteiger partial charge is 0.454 e. The highest BCUT2D eigenvalue weighted by Gasteiger charge is 2.58. The van der Waals surface area contributed by atoms with Gasteiger partial charge < -0.3 is 47.7 Å². The van der Waals surface area contributed by atoms with Gasteiger partial charge in [0, 0.05) is 21.6 Å². The van der Waals surface area contributed by atoms with E-state index in [1.165, 1.54) is 6.92 Å². The maximum atomic E-state index is 14.7. The van der Waals surface area contributed by atoms with Gasteiger partial charge in [0.25, 0.3) is 11.8 Å². The van der Waals surface area contributed by atoms with Crippen molar-refractivity contribution in [1.29, 1.82) is 0 Å². The van der Waals surface area contributed by atoms with Crippen LogP contribution in [0.1, 0.15) is 49.9 Å². The van der Waals surface area contributed by atoms with Gasteiger partial charge in [0.15, 0.2) is 18.7 Å². The molecule has 0 aromatic heterocycles. The third-order valence-electron chi connectivity index (χ3n) is 12.4. The van der Waals surface area contributed by atoms with Gasteiger partial charge in [0.05, 0.1) is 50.8 Å². The highest BCUT2D eigenvalue weighted by Crippen LogP contribution is 2.39. The smallest absolute Gasteiger partial charge is 0.303 e. The van der Waals surface area contributed by atoms with Crippen LogP contribution in [0.15, 0.2) is 146 Å². The lowest BCUT2D eigenvalue weighted by Gasteiger charge is -2.51. The number of hydrogen-bond acceptors (Lipinski definition) is 13. The molecule has 5 aromatic carbocycles. The van der Waals surface area contributed by atoms with Crippen LogP contribution in [0.25, 0.3) is 0 Å². The van der Waals surface area contributed by atoms with E-state index in [2.05, 4.69) is 19.6 Å². The highest BCUT2D eigenvalue weighted by molar-refractivity contribution is 6.76. The summed E-state index contributed by atoms with van der Waals surface area (Å²) in [7, 11) is -1.70. The fourth-order valence-corrected chi connectivity index (χ4v) is 9.55. The third kappa shape index (κ3) is 13.1. The zero-order valence-corrected chi connectivity index (χ0v) is 41.1. The summed E-state index contributed by atoms with van der Waals surface area (Å²) in [5, 5.41) is 12.2. The average molecular weight is 974 g/mol. The summed E-state index contributed by atoms with van der Waals surface area (Å²) in [4.78, 5) is 43.8. The summed E-state index contributed by atoms with van der Waals surface area (Å²) in [5.74, 6) is -1.84. The molecule has 8 rings (SSSR count). The first kappa shape index (κ1) is 50.9. The summed E-state index contributed by atoms with van der Waals surface area (Å²) in [6, 6.07) is 44.3. The number of aliphatic hydroxyl groups excluding tert-OH is 1. The monoisotopic (exact) mass is 973 g/mol. The Hall–Kier alpha value is -5.43. The molecule has 3 heterocycles. The van der Waals surface area contributed by atoms with Crippen molar-refractivity contribution in [3.8, 4) is 0 Å². The average Bonchev–Trinajstić information content (AvgIpc) is 3.61. The van der Waals surface area contributed by atoms with E-state index in [9.17, 15) is 19.5 Å². The van der Waals surface area contributed by atoms with Crippen LogP contribution in [0.3, 0.4) is 0 Å². The van der Waals surface area contributed by atoms with Crippen LogP contribution in [-0.4, -0.2) is 117 Å². The maximum Gasteiger partial charge on any atom is 0.303 e. The molecule has 14 nitrogen and oxygen atoms in total. The number of fused-ring (bicyclic) bond motifs is 1. The van der Waals surface area contributed by atoms with Gasteiger partial charge in [0.2, 0.25) is 0 Å². The number of aliphatic hydroxyl groups is 1. The second-order valence-electron chi connectivity index (χ2n) is 19.0. The Balaban J connectivity index is 1.22. The topological polar surface area (TPSA) is 158 Å². The minimum absolute atomic E-state index is 0.0205. The van der Waals surface area contributed by atoms with Gasteiger partial charge in [-0.25, -0.2) is 0 Å². The molecule has 2 saturated heterocycles. The number of rotatable bonds is 22. The highest BCUT2D eigenvalue weighted by atomic mass is 28.3. The van der Waals surface area contributed by atoms with Gasteiger partial charge in [-0.3, -0.25) is 19.3 Å². The lowest BCUT2D eigenvalue weighted by Crippen LogP contribution is -2.69. The number of nitrogens with zero attached hydrogens (tertiary/aromatic N) is 1. The fraction of sp³-hybridized carbons (Fsp3) is 0.400. The Morgan fingerprint density at radius 3 is 1.49 bits per heavy atom. The summed E-state index contributed by atoms with van der Waals surface area (Å²) in [6.07, 6.45) is -11.2. The van der Waals surface area contributed by atoms with E-state index in [-0.39, 0.29) is 57.4 Å². The van der Waals surface area contributed by atoms with E-state index >= 15 is 0 Å². The summed E-state index contributed by atoms with van der Waals surface area (Å²) < 4.78 is 59.6. The molecule has 2 amide bonds. The summed E-state index contributed by atoms with van der Waals surface area (Å²) in [6.45, 7) is 8.58. The van der Waals surface area contributed by atoms with Crippen molar-refractivity contribution in [2.24, 2.45) is 0 Å².